The van der Waals surface area contributed by atoms with Gasteiger partial charge >= 0.3 is 0 Å². The quantitative estimate of drug-likeness (QED) is 0.858. The number of furan rings is 1. The second kappa shape index (κ2) is 6.48. The molecule has 1 aromatic carbocycles. The minimum atomic E-state index is -0.424. The van der Waals surface area contributed by atoms with E-state index in [-0.39, 0.29) is 6.04 Å². The second-order valence-corrected chi connectivity index (χ2v) is 4.51. The highest BCUT2D eigenvalue weighted by molar-refractivity contribution is 5.24. The van der Waals surface area contributed by atoms with Crippen molar-refractivity contribution >= 4 is 0 Å². The molecule has 2 rings (SSSR count). The van der Waals surface area contributed by atoms with Crippen LogP contribution in [0.25, 0.3) is 0 Å². The molecule has 0 saturated heterocycles. The first-order valence-electron chi connectivity index (χ1n) is 6.40. The summed E-state index contributed by atoms with van der Waals surface area (Å²) in [7, 11) is 0. The van der Waals surface area contributed by atoms with Crippen LogP contribution >= 0.6 is 0 Å². The molecular weight excluding hydrogens is 248 g/mol. The first-order valence-corrected chi connectivity index (χ1v) is 6.40. The van der Waals surface area contributed by atoms with Gasteiger partial charge in [0.1, 0.15) is 11.6 Å². The van der Waals surface area contributed by atoms with E-state index in [1.165, 1.54) is 12.1 Å². The Morgan fingerprint density at radius 3 is 2.79 bits per heavy atom. The molecule has 2 nitrogen and oxygen atoms in total. The van der Waals surface area contributed by atoms with Gasteiger partial charge < -0.3 is 9.73 Å². The fourth-order valence-electron chi connectivity index (χ4n) is 2.04. The Morgan fingerprint density at radius 1 is 1.26 bits per heavy atom. The Bertz CT molecular complexity index is 511. The van der Waals surface area contributed by atoms with Crippen LogP contribution in [0.15, 0.2) is 41.2 Å². The molecular formula is C15H17F2NO. The zero-order chi connectivity index (χ0) is 13.7. The molecule has 0 aliphatic rings. The molecule has 2 aromatic rings. The van der Waals surface area contributed by atoms with Gasteiger partial charge in [0.2, 0.25) is 0 Å². The number of hydrogen-bond donors (Lipinski definition) is 1. The summed E-state index contributed by atoms with van der Waals surface area (Å²) in [6.07, 6.45) is 4.70. The highest BCUT2D eigenvalue weighted by atomic mass is 19.1. The summed E-state index contributed by atoms with van der Waals surface area (Å²) < 4.78 is 32.2. The average molecular weight is 265 g/mol. The number of nitrogens with one attached hydrogen (secondary N) is 1. The third-order valence-corrected chi connectivity index (χ3v) is 2.99. The lowest BCUT2D eigenvalue weighted by Gasteiger charge is -2.19. The molecule has 1 atom stereocenters. The van der Waals surface area contributed by atoms with E-state index in [2.05, 4.69) is 5.32 Å². The van der Waals surface area contributed by atoms with Crippen molar-refractivity contribution in [3.05, 3.63) is 59.6 Å². The van der Waals surface area contributed by atoms with E-state index in [0.29, 0.717) is 12.0 Å². The van der Waals surface area contributed by atoms with Crippen LogP contribution in [0.5, 0.6) is 0 Å². The molecule has 1 heterocycles. The highest BCUT2D eigenvalue weighted by Crippen LogP contribution is 2.22. The second-order valence-electron chi connectivity index (χ2n) is 4.51. The van der Waals surface area contributed by atoms with Gasteiger partial charge in [-0.1, -0.05) is 6.92 Å². The van der Waals surface area contributed by atoms with Crippen molar-refractivity contribution < 1.29 is 13.2 Å². The molecule has 0 bridgehead atoms. The van der Waals surface area contributed by atoms with Gasteiger partial charge in [0.05, 0.1) is 12.5 Å². The van der Waals surface area contributed by atoms with Crippen LogP contribution in [0, 0.1) is 11.6 Å². The molecule has 0 saturated carbocycles. The van der Waals surface area contributed by atoms with Gasteiger partial charge in [-0.15, -0.1) is 0 Å². The molecule has 0 fully saturated rings. The number of benzene rings is 1. The Balaban J connectivity index is 2.23. The molecule has 0 radical (unpaired) electrons. The van der Waals surface area contributed by atoms with Crippen molar-refractivity contribution in [1.29, 1.82) is 0 Å². The van der Waals surface area contributed by atoms with E-state index in [4.69, 9.17) is 4.42 Å². The largest absolute Gasteiger partial charge is 0.472 e. The third-order valence-electron chi connectivity index (χ3n) is 2.99. The van der Waals surface area contributed by atoms with Gasteiger partial charge in [0.15, 0.2) is 0 Å². The van der Waals surface area contributed by atoms with E-state index in [0.717, 1.165) is 24.6 Å². The summed E-state index contributed by atoms with van der Waals surface area (Å²) >= 11 is 0. The standard InChI is InChI=1S/C15H17F2NO/c1-2-6-18-15(8-11-5-7-19-10-11)13-9-12(16)3-4-14(13)17/h3-5,7,9-10,15,18H,2,6,8H2,1H3. The summed E-state index contributed by atoms with van der Waals surface area (Å²) in [5.74, 6) is -0.814. The van der Waals surface area contributed by atoms with Crippen LogP contribution < -0.4 is 5.32 Å². The molecule has 0 aliphatic heterocycles. The van der Waals surface area contributed by atoms with E-state index in [9.17, 15) is 8.78 Å². The fraction of sp³-hybridized carbons (Fsp3) is 0.333. The van der Waals surface area contributed by atoms with Crippen LogP contribution in [-0.2, 0) is 6.42 Å². The van der Waals surface area contributed by atoms with Gasteiger partial charge in [-0.25, -0.2) is 8.78 Å². The summed E-state index contributed by atoms with van der Waals surface area (Å²) in [5.41, 5.74) is 1.31. The van der Waals surface area contributed by atoms with Gasteiger partial charge in [-0.3, -0.25) is 0 Å². The van der Waals surface area contributed by atoms with Gasteiger partial charge in [-0.2, -0.15) is 0 Å². The zero-order valence-electron chi connectivity index (χ0n) is 10.8. The smallest absolute Gasteiger partial charge is 0.128 e. The number of halogens is 2. The normalized spacial score (nSPS) is 12.6. The Labute approximate surface area is 111 Å². The fourth-order valence-corrected chi connectivity index (χ4v) is 2.04. The van der Waals surface area contributed by atoms with Crippen molar-refractivity contribution in [1.82, 2.24) is 5.32 Å². The topological polar surface area (TPSA) is 25.2 Å². The van der Waals surface area contributed by atoms with E-state index >= 15 is 0 Å². The van der Waals surface area contributed by atoms with Gasteiger partial charge in [-0.05, 0) is 49.2 Å². The predicted octanol–water partition coefficient (Wildman–Crippen LogP) is 3.84. The highest BCUT2D eigenvalue weighted by Gasteiger charge is 2.17. The first-order chi connectivity index (χ1) is 9.20. The molecule has 1 unspecified atom stereocenters. The van der Waals surface area contributed by atoms with E-state index in [1.807, 2.05) is 13.0 Å². The van der Waals surface area contributed by atoms with Gasteiger partial charge in [0.25, 0.3) is 0 Å². The van der Waals surface area contributed by atoms with Crippen molar-refractivity contribution in [2.75, 3.05) is 6.54 Å². The number of rotatable bonds is 6. The van der Waals surface area contributed by atoms with Crippen molar-refractivity contribution in [3.8, 4) is 0 Å². The van der Waals surface area contributed by atoms with Gasteiger partial charge in [0, 0.05) is 11.6 Å². The molecule has 0 spiro atoms. The third kappa shape index (κ3) is 3.64. The maximum atomic E-state index is 13.8. The average Bonchev–Trinajstić information content (AvgIpc) is 2.90. The Kier molecular flexibility index (Phi) is 4.68. The SMILES string of the molecule is CCCNC(Cc1ccoc1)c1cc(F)ccc1F. The van der Waals surface area contributed by atoms with Crippen LogP contribution in [0.2, 0.25) is 0 Å². The molecule has 1 aromatic heterocycles. The molecule has 0 aliphatic carbocycles. The monoisotopic (exact) mass is 265 g/mol. The molecule has 102 valence electrons. The summed E-state index contributed by atoms with van der Waals surface area (Å²) in [5, 5.41) is 3.24. The van der Waals surface area contributed by atoms with E-state index < -0.39 is 11.6 Å². The van der Waals surface area contributed by atoms with Crippen molar-refractivity contribution in [2.24, 2.45) is 0 Å². The Morgan fingerprint density at radius 2 is 2.11 bits per heavy atom. The molecule has 0 amide bonds. The minimum Gasteiger partial charge on any atom is -0.472 e. The molecule has 1 N–H and O–H groups in total. The molecule has 4 heteroatoms. The lowest BCUT2D eigenvalue weighted by molar-refractivity contribution is 0.487. The Hall–Kier alpha value is -1.68. The predicted molar refractivity (Wildman–Crippen MR) is 69.8 cm³/mol. The lowest BCUT2D eigenvalue weighted by Crippen LogP contribution is -2.25. The van der Waals surface area contributed by atoms with E-state index in [1.54, 1.807) is 12.5 Å². The maximum Gasteiger partial charge on any atom is 0.128 e. The first kappa shape index (κ1) is 13.7. The summed E-state index contributed by atoms with van der Waals surface area (Å²) in [6.45, 7) is 2.78. The zero-order valence-corrected chi connectivity index (χ0v) is 10.8. The number of hydrogen-bond acceptors (Lipinski definition) is 2. The minimum absolute atomic E-state index is 0.256. The van der Waals surface area contributed by atoms with Crippen molar-refractivity contribution in [2.45, 2.75) is 25.8 Å². The maximum absolute atomic E-state index is 13.8. The molecule has 19 heavy (non-hydrogen) atoms. The van der Waals surface area contributed by atoms with Crippen LogP contribution in [0.4, 0.5) is 8.78 Å². The van der Waals surface area contributed by atoms with Crippen LogP contribution in [0.1, 0.15) is 30.5 Å². The summed E-state index contributed by atoms with van der Waals surface area (Å²) in [6, 6.07) is 5.13. The lowest BCUT2D eigenvalue weighted by atomic mass is 9.99. The van der Waals surface area contributed by atoms with Crippen molar-refractivity contribution in [3.63, 3.8) is 0 Å². The van der Waals surface area contributed by atoms with Crippen LogP contribution in [-0.4, -0.2) is 6.54 Å². The van der Waals surface area contributed by atoms with Crippen LogP contribution in [0.3, 0.4) is 0 Å². The summed E-state index contributed by atoms with van der Waals surface area (Å²) in [4.78, 5) is 0.